The van der Waals surface area contributed by atoms with Crippen molar-refractivity contribution < 1.29 is 25.9 Å². The van der Waals surface area contributed by atoms with Crippen LogP contribution < -0.4 is 0 Å². The molecule has 0 unspecified atom stereocenters. The van der Waals surface area contributed by atoms with Crippen molar-refractivity contribution in [3.05, 3.63) is 59.7 Å². The molecule has 0 aliphatic carbocycles. The first kappa shape index (κ1) is 22.5. The zero-order chi connectivity index (χ0) is 17.0. The van der Waals surface area contributed by atoms with Crippen molar-refractivity contribution in [2.75, 3.05) is 0 Å². The van der Waals surface area contributed by atoms with Gasteiger partial charge in [0.2, 0.25) is 0 Å². The van der Waals surface area contributed by atoms with Gasteiger partial charge in [-0.05, 0) is 37.1 Å². The van der Waals surface area contributed by atoms with E-state index in [-0.39, 0.29) is 47.5 Å². The maximum atomic E-state index is 10.5. The summed E-state index contributed by atoms with van der Waals surface area (Å²) in [6.07, 6.45) is 0. The van der Waals surface area contributed by atoms with Gasteiger partial charge in [-0.1, -0.05) is 36.4 Å². The Hall–Kier alpha value is -0.480. The van der Waals surface area contributed by atoms with Gasteiger partial charge in [0, 0.05) is 0 Å². The second-order valence-corrected chi connectivity index (χ2v) is 7.14. The van der Waals surface area contributed by atoms with Crippen molar-refractivity contribution in [3.8, 4) is 0 Å². The van der Waals surface area contributed by atoms with Crippen LogP contribution in [0.25, 0.3) is 0 Å². The Morgan fingerprint density at radius 3 is 1.09 bits per heavy atom. The number of aryl methyl sites for hydroxylation is 2. The fourth-order valence-electron chi connectivity index (χ4n) is 1.67. The predicted molar refractivity (Wildman–Crippen MR) is 84.0 cm³/mol. The van der Waals surface area contributed by atoms with Crippen molar-refractivity contribution in [2.24, 2.45) is 0 Å². The summed E-state index contributed by atoms with van der Waals surface area (Å²) in [5.74, 6) is 0. The van der Waals surface area contributed by atoms with Gasteiger partial charge in [0.15, 0.2) is 0 Å². The van der Waals surface area contributed by atoms with Crippen molar-refractivity contribution in [2.45, 2.75) is 23.6 Å². The minimum Gasteiger partial charge on any atom is -0.744 e. The molecule has 0 bridgehead atoms. The predicted octanol–water partition coefficient (Wildman–Crippen LogP) is 1.42. The van der Waals surface area contributed by atoms with Crippen LogP contribution in [0.15, 0.2) is 58.3 Å². The van der Waals surface area contributed by atoms with E-state index in [1.165, 1.54) is 24.3 Å². The fraction of sp³-hybridized carbons (Fsp3) is 0.143. The van der Waals surface area contributed by atoms with Gasteiger partial charge in [0.05, 0.1) is 9.79 Å². The van der Waals surface area contributed by atoms with Gasteiger partial charge in [-0.25, -0.2) is 16.8 Å². The van der Waals surface area contributed by atoms with E-state index >= 15 is 0 Å². The van der Waals surface area contributed by atoms with E-state index in [0.717, 1.165) is 0 Å². The Morgan fingerprint density at radius 2 is 0.913 bits per heavy atom. The minimum atomic E-state index is -4.28. The van der Waals surface area contributed by atoms with Crippen LogP contribution in [0, 0.1) is 13.8 Å². The van der Waals surface area contributed by atoms with Crippen molar-refractivity contribution >= 4 is 58.0 Å². The Bertz CT molecular complexity index is 787. The monoisotopic (exact) mass is 382 g/mol. The molecule has 2 aromatic carbocycles. The SMILES string of the molecule is Cc1ccccc1S(=O)(=O)[O-].Cc1ccccc1S(=O)(=O)[O-].[Ca+2]. The molecule has 9 heteroatoms. The van der Waals surface area contributed by atoms with Gasteiger partial charge in [0.25, 0.3) is 0 Å². The summed E-state index contributed by atoms with van der Waals surface area (Å²) in [6.45, 7) is 3.18. The minimum absolute atomic E-state index is 0. The largest absolute Gasteiger partial charge is 2.00 e. The average molecular weight is 382 g/mol. The number of benzene rings is 2. The Labute approximate surface area is 166 Å². The summed E-state index contributed by atoms with van der Waals surface area (Å²) in [5.41, 5.74) is 0.977. The molecule has 0 aromatic heterocycles. The molecule has 120 valence electrons. The van der Waals surface area contributed by atoms with E-state index < -0.39 is 20.2 Å². The van der Waals surface area contributed by atoms with Crippen LogP contribution in [0.3, 0.4) is 0 Å². The molecule has 0 atom stereocenters. The molecular weight excluding hydrogens is 368 g/mol. The summed E-state index contributed by atoms with van der Waals surface area (Å²) >= 11 is 0. The van der Waals surface area contributed by atoms with E-state index in [0.29, 0.717) is 11.1 Å². The maximum Gasteiger partial charge on any atom is 2.00 e. The molecule has 0 spiro atoms. The number of hydrogen-bond donors (Lipinski definition) is 0. The van der Waals surface area contributed by atoms with Crippen LogP contribution in [0.5, 0.6) is 0 Å². The summed E-state index contributed by atoms with van der Waals surface area (Å²) in [4.78, 5) is -0.278. The standard InChI is InChI=1S/2C7H8O3S.Ca/c2*1-6-4-2-3-5-7(6)11(8,9)10;/h2*2-5H,1H3,(H,8,9,10);/q;;+2/p-2. The van der Waals surface area contributed by atoms with Gasteiger partial charge in [0.1, 0.15) is 20.2 Å². The number of hydrogen-bond acceptors (Lipinski definition) is 6. The molecule has 0 saturated heterocycles. The van der Waals surface area contributed by atoms with Gasteiger partial charge < -0.3 is 9.11 Å². The van der Waals surface area contributed by atoms with Crippen molar-refractivity contribution in [1.82, 2.24) is 0 Å². The summed E-state index contributed by atoms with van der Waals surface area (Å²) in [7, 11) is -8.57. The van der Waals surface area contributed by atoms with Gasteiger partial charge in [-0.2, -0.15) is 0 Å². The van der Waals surface area contributed by atoms with Crippen LogP contribution >= 0.6 is 0 Å². The van der Waals surface area contributed by atoms with Gasteiger partial charge in [-0.15, -0.1) is 0 Å². The zero-order valence-electron chi connectivity index (χ0n) is 12.6. The zero-order valence-corrected chi connectivity index (χ0v) is 16.4. The third kappa shape index (κ3) is 7.30. The Kier molecular flexibility index (Phi) is 8.93. The molecule has 0 amide bonds. The molecule has 0 aliphatic heterocycles. The molecule has 0 heterocycles. The first-order valence-corrected chi connectivity index (χ1v) is 8.88. The Balaban J connectivity index is 0.000000403. The molecule has 6 nitrogen and oxygen atoms in total. The van der Waals surface area contributed by atoms with Crippen LogP contribution in [0.1, 0.15) is 11.1 Å². The molecular formula is C14H14CaO6S2. The third-order valence-electron chi connectivity index (χ3n) is 2.73. The Morgan fingerprint density at radius 1 is 0.652 bits per heavy atom. The van der Waals surface area contributed by atoms with Gasteiger partial charge >= 0.3 is 37.7 Å². The smallest absolute Gasteiger partial charge is 0.744 e. The second kappa shape index (κ2) is 9.12. The quantitative estimate of drug-likeness (QED) is 0.573. The van der Waals surface area contributed by atoms with E-state index in [2.05, 4.69) is 0 Å². The van der Waals surface area contributed by atoms with Crippen LogP contribution in [-0.2, 0) is 20.2 Å². The normalized spacial score (nSPS) is 11.0. The molecule has 23 heavy (non-hydrogen) atoms. The first-order valence-electron chi connectivity index (χ1n) is 6.06. The van der Waals surface area contributed by atoms with E-state index in [1.54, 1.807) is 38.1 Å². The molecule has 0 N–H and O–H groups in total. The molecule has 0 radical (unpaired) electrons. The molecule has 0 aliphatic rings. The van der Waals surface area contributed by atoms with E-state index in [4.69, 9.17) is 0 Å². The van der Waals surface area contributed by atoms with E-state index in [1.807, 2.05) is 0 Å². The summed E-state index contributed by atoms with van der Waals surface area (Å²) in [6, 6.07) is 12.2. The number of rotatable bonds is 2. The van der Waals surface area contributed by atoms with Crippen molar-refractivity contribution in [3.63, 3.8) is 0 Å². The average Bonchev–Trinajstić information content (AvgIpc) is 2.37. The second-order valence-electron chi connectivity index (χ2n) is 4.44. The van der Waals surface area contributed by atoms with Crippen LogP contribution in [0.4, 0.5) is 0 Å². The van der Waals surface area contributed by atoms with Crippen LogP contribution in [0.2, 0.25) is 0 Å². The molecule has 0 saturated carbocycles. The molecule has 2 rings (SSSR count). The van der Waals surface area contributed by atoms with Crippen molar-refractivity contribution in [1.29, 1.82) is 0 Å². The first-order chi connectivity index (χ1) is 10.0. The molecule has 0 fully saturated rings. The topological polar surface area (TPSA) is 114 Å². The van der Waals surface area contributed by atoms with Crippen LogP contribution in [-0.4, -0.2) is 63.7 Å². The third-order valence-corrected chi connectivity index (χ3v) is 4.72. The maximum absolute atomic E-state index is 10.5. The van der Waals surface area contributed by atoms with Gasteiger partial charge in [-0.3, -0.25) is 0 Å². The summed E-state index contributed by atoms with van der Waals surface area (Å²) < 4.78 is 63.0. The molecule has 2 aromatic rings. The van der Waals surface area contributed by atoms with E-state index in [9.17, 15) is 25.9 Å². The summed E-state index contributed by atoms with van der Waals surface area (Å²) in [5, 5.41) is 0. The fourth-order valence-corrected chi connectivity index (χ4v) is 3.09.